The summed E-state index contributed by atoms with van der Waals surface area (Å²) in [6.07, 6.45) is 3.23. The summed E-state index contributed by atoms with van der Waals surface area (Å²) in [7, 11) is 1.93. The third-order valence-electron chi connectivity index (χ3n) is 3.14. The number of hydrogen-bond acceptors (Lipinski definition) is 5. The number of carbonyl (C=O) groups excluding carboxylic acids is 1. The Hall–Kier alpha value is -1.73. The number of rotatable bonds is 4. The molecule has 20 heavy (non-hydrogen) atoms. The van der Waals surface area contributed by atoms with Crippen molar-refractivity contribution in [2.24, 2.45) is 7.05 Å². The van der Waals surface area contributed by atoms with Crippen molar-refractivity contribution in [1.29, 1.82) is 0 Å². The number of carbonyl (C=O) groups is 1. The highest BCUT2D eigenvalue weighted by Gasteiger charge is 2.31. The number of thioether (sulfide) groups is 1. The molecule has 0 bridgehead atoms. The van der Waals surface area contributed by atoms with Crippen LogP contribution in [-0.2, 0) is 12.8 Å². The lowest BCUT2D eigenvalue weighted by atomic mass is 10.1. The van der Waals surface area contributed by atoms with E-state index < -0.39 is 6.10 Å². The van der Waals surface area contributed by atoms with Crippen LogP contribution in [0.2, 0.25) is 0 Å². The molecule has 7 heteroatoms. The summed E-state index contributed by atoms with van der Waals surface area (Å²) < 4.78 is 7.48. The summed E-state index contributed by atoms with van der Waals surface area (Å²) >= 11 is 1.55. The molecule has 2 aromatic heterocycles. The molecule has 106 valence electrons. The fraction of sp³-hybridized carbons (Fsp3) is 0.385. The van der Waals surface area contributed by atoms with Gasteiger partial charge in [0.1, 0.15) is 5.76 Å². The second-order valence-electron chi connectivity index (χ2n) is 4.74. The zero-order chi connectivity index (χ0) is 14.1. The van der Waals surface area contributed by atoms with Crippen molar-refractivity contribution in [3.63, 3.8) is 0 Å². The highest BCUT2D eigenvalue weighted by Crippen LogP contribution is 2.23. The number of aliphatic hydroxyl groups is 1. The van der Waals surface area contributed by atoms with Crippen molar-refractivity contribution in [2.75, 3.05) is 13.1 Å². The predicted octanol–water partition coefficient (Wildman–Crippen LogP) is 1.12. The molecule has 1 N–H and O–H groups in total. The third-order valence-corrected chi connectivity index (χ3v) is 4.22. The van der Waals surface area contributed by atoms with Crippen LogP contribution in [0, 0.1) is 0 Å². The second-order valence-corrected chi connectivity index (χ2v) is 5.68. The van der Waals surface area contributed by atoms with Crippen molar-refractivity contribution in [3.05, 3.63) is 36.0 Å². The SMILES string of the molecule is Cn1ccnc1SCc1ccc(C(=O)N2CC(O)C2)o1. The summed E-state index contributed by atoms with van der Waals surface area (Å²) in [5.41, 5.74) is 0. The molecule has 6 nitrogen and oxygen atoms in total. The van der Waals surface area contributed by atoms with Crippen molar-refractivity contribution >= 4 is 17.7 Å². The van der Waals surface area contributed by atoms with Gasteiger partial charge in [-0.15, -0.1) is 0 Å². The maximum absolute atomic E-state index is 12.0. The summed E-state index contributed by atoms with van der Waals surface area (Å²) in [5, 5.41) is 10.1. The van der Waals surface area contributed by atoms with Crippen LogP contribution in [0.15, 0.2) is 34.1 Å². The Kier molecular flexibility index (Phi) is 3.54. The van der Waals surface area contributed by atoms with Crippen molar-refractivity contribution in [3.8, 4) is 0 Å². The number of aliphatic hydroxyl groups excluding tert-OH is 1. The molecule has 0 radical (unpaired) electrons. The Balaban J connectivity index is 1.59. The van der Waals surface area contributed by atoms with Gasteiger partial charge in [0.25, 0.3) is 5.91 Å². The minimum Gasteiger partial charge on any atom is -0.455 e. The van der Waals surface area contributed by atoms with Gasteiger partial charge in [-0.2, -0.15) is 0 Å². The van der Waals surface area contributed by atoms with Gasteiger partial charge in [-0.05, 0) is 12.1 Å². The van der Waals surface area contributed by atoms with Gasteiger partial charge < -0.3 is 19.0 Å². The van der Waals surface area contributed by atoms with Gasteiger partial charge in [-0.25, -0.2) is 4.98 Å². The number of amides is 1. The zero-order valence-corrected chi connectivity index (χ0v) is 11.8. The van der Waals surface area contributed by atoms with E-state index in [0.717, 1.165) is 10.9 Å². The molecule has 0 spiro atoms. The fourth-order valence-corrected chi connectivity index (χ4v) is 2.80. The molecule has 3 rings (SSSR count). The zero-order valence-electron chi connectivity index (χ0n) is 11.0. The number of furan rings is 1. The number of aryl methyl sites for hydroxylation is 1. The molecular weight excluding hydrogens is 278 g/mol. The van der Waals surface area contributed by atoms with E-state index in [-0.39, 0.29) is 5.91 Å². The highest BCUT2D eigenvalue weighted by molar-refractivity contribution is 7.98. The van der Waals surface area contributed by atoms with Crippen LogP contribution < -0.4 is 0 Å². The quantitative estimate of drug-likeness (QED) is 0.855. The van der Waals surface area contributed by atoms with Crippen molar-refractivity contribution < 1.29 is 14.3 Å². The molecule has 0 unspecified atom stereocenters. The molecule has 1 saturated heterocycles. The van der Waals surface area contributed by atoms with Crippen molar-refractivity contribution in [1.82, 2.24) is 14.5 Å². The Morgan fingerprint density at radius 3 is 3.00 bits per heavy atom. The maximum Gasteiger partial charge on any atom is 0.289 e. The molecule has 0 atom stereocenters. The molecule has 0 saturated carbocycles. The predicted molar refractivity (Wildman–Crippen MR) is 73.4 cm³/mol. The second kappa shape index (κ2) is 5.34. The summed E-state index contributed by atoms with van der Waals surface area (Å²) in [4.78, 5) is 17.8. The first kappa shape index (κ1) is 13.3. The van der Waals surface area contributed by atoms with Gasteiger partial charge in [0.05, 0.1) is 11.9 Å². The normalized spacial score (nSPS) is 15.4. The molecule has 0 aromatic carbocycles. The molecule has 1 fully saturated rings. The van der Waals surface area contributed by atoms with E-state index in [0.29, 0.717) is 24.6 Å². The largest absolute Gasteiger partial charge is 0.455 e. The van der Waals surface area contributed by atoms with E-state index in [4.69, 9.17) is 4.42 Å². The summed E-state index contributed by atoms with van der Waals surface area (Å²) in [5.74, 6) is 1.53. The van der Waals surface area contributed by atoms with Gasteiger partial charge in [0.2, 0.25) is 0 Å². The molecule has 1 aliphatic heterocycles. The molecule has 1 amide bonds. The van der Waals surface area contributed by atoms with Crippen molar-refractivity contribution in [2.45, 2.75) is 17.0 Å². The first-order chi connectivity index (χ1) is 9.63. The summed E-state index contributed by atoms with van der Waals surface area (Å²) in [6, 6.07) is 3.49. The Labute approximate surface area is 120 Å². The Morgan fingerprint density at radius 1 is 1.55 bits per heavy atom. The number of imidazole rings is 1. The highest BCUT2D eigenvalue weighted by atomic mass is 32.2. The van der Waals surface area contributed by atoms with E-state index in [2.05, 4.69) is 4.98 Å². The van der Waals surface area contributed by atoms with Crippen LogP contribution in [-0.4, -0.2) is 44.7 Å². The van der Waals surface area contributed by atoms with E-state index in [9.17, 15) is 9.90 Å². The minimum absolute atomic E-state index is 0.163. The van der Waals surface area contributed by atoms with Crippen LogP contribution >= 0.6 is 11.8 Å². The van der Waals surface area contributed by atoms with Gasteiger partial charge in [-0.1, -0.05) is 11.8 Å². The summed E-state index contributed by atoms with van der Waals surface area (Å²) in [6.45, 7) is 0.772. The van der Waals surface area contributed by atoms with E-state index in [1.807, 2.05) is 17.8 Å². The average molecular weight is 293 g/mol. The Bertz CT molecular complexity index is 616. The number of hydrogen-bond donors (Lipinski definition) is 1. The van der Waals surface area contributed by atoms with Gasteiger partial charge in [0.15, 0.2) is 10.9 Å². The smallest absolute Gasteiger partial charge is 0.289 e. The average Bonchev–Trinajstić information content (AvgIpc) is 3.01. The van der Waals surface area contributed by atoms with E-state index in [1.165, 1.54) is 0 Å². The maximum atomic E-state index is 12.0. The van der Waals surface area contributed by atoms with Crippen LogP contribution in [0.25, 0.3) is 0 Å². The first-order valence-electron chi connectivity index (χ1n) is 6.29. The number of nitrogens with zero attached hydrogens (tertiary/aromatic N) is 3. The van der Waals surface area contributed by atoms with Crippen LogP contribution in [0.4, 0.5) is 0 Å². The van der Waals surface area contributed by atoms with Crippen LogP contribution in [0.3, 0.4) is 0 Å². The topological polar surface area (TPSA) is 71.5 Å². The number of β-amino-alcohol motifs (C(OH)–C–C–N with tert-alkyl or cyclic N) is 1. The fourth-order valence-electron chi connectivity index (χ4n) is 1.97. The standard InChI is InChI=1S/C13H15N3O3S/c1-15-5-4-14-13(15)20-8-10-2-3-11(19-10)12(18)16-6-9(17)7-16/h2-5,9,17H,6-8H2,1H3. The van der Waals surface area contributed by atoms with Gasteiger partial charge in [0, 0.05) is 32.5 Å². The monoisotopic (exact) mass is 293 g/mol. The first-order valence-corrected chi connectivity index (χ1v) is 7.28. The van der Waals surface area contributed by atoms with E-state index in [1.54, 1.807) is 35.0 Å². The number of likely N-dealkylation sites (tertiary alicyclic amines) is 1. The third kappa shape index (κ3) is 2.59. The molecule has 0 aliphatic carbocycles. The molecule has 2 aromatic rings. The minimum atomic E-state index is -0.396. The van der Waals surface area contributed by atoms with E-state index >= 15 is 0 Å². The Morgan fingerprint density at radius 2 is 2.35 bits per heavy atom. The molecule has 3 heterocycles. The van der Waals surface area contributed by atoms with Crippen LogP contribution in [0.5, 0.6) is 0 Å². The van der Waals surface area contributed by atoms with Gasteiger partial charge in [-0.3, -0.25) is 4.79 Å². The number of aromatic nitrogens is 2. The lowest BCUT2D eigenvalue weighted by molar-refractivity contribution is 0.00385. The van der Waals surface area contributed by atoms with Crippen LogP contribution in [0.1, 0.15) is 16.3 Å². The van der Waals surface area contributed by atoms with Gasteiger partial charge >= 0.3 is 0 Å². The molecule has 1 aliphatic rings. The lowest BCUT2D eigenvalue weighted by Crippen LogP contribution is -2.53. The molecular formula is C13H15N3O3S. The lowest BCUT2D eigenvalue weighted by Gasteiger charge is -2.35.